The Morgan fingerprint density at radius 2 is 2.33 bits per heavy atom. The van der Waals surface area contributed by atoms with Crippen molar-refractivity contribution in [3.05, 3.63) is 24.5 Å². The second kappa shape index (κ2) is 3.54. The Bertz CT molecular complexity index is 228. The topological polar surface area (TPSA) is 45.1 Å². The second-order valence-corrected chi connectivity index (χ2v) is 3.41. The van der Waals surface area contributed by atoms with Gasteiger partial charge in [-0.15, -0.1) is 0 Å². The van der Waals surface area contributed by atoms with E-state index in [1.807, 2.05) is 12.1 Å². The molecule has 3 nitrogen and oxygen atoms in total. The molecule has 0 atom stereocenters. The minimum atomic E-state index is -0.685. The van der Waals surface area contributed by atoms with E-state index < -0.39 is 5.60 Å². The average Bonchev–Trinajstić information content (AvgIpc) is 2.02. The Hall–Kier alpha value is -1.09. The standard InChI is InChI=1S/C9H14N2O/c1-9(2,12)7-11-8-4-3-5-10-6-8/h3-6,11-12H,7H2,1-2H3. The van der Waals surface area contributed by atoms with Crippen LogP contribution >= 0.6 is 0 Å². The van der Waals surface area contributed by atoms with Gasteiger partial charge in [-0.05, 0) is 26.0 Å². The van der Waals surface area contributed by atoms with Crippen LogP contribution in [0.15, 0.2) is 24.5 Å². The van der Waals surface area contributed by atoms with Gasteiger partial charge in [0.1, 0.15) is 0 Å². The number of rotatable bonds is 3. The van der Waals surface area contributed by atoms with Crippen LogP contribution in [0.2, 0.25) is 0 Å². The van der Waals surface area contributed by atoms with Gasteiger partial charge < -0.3 is 10.4 Å². The monoisotopic (exact) mass is 166 g/mol. The molecule has 1 aromatic rings. The van der Waals surface area contributed by atoms with Crippen LogP contribution in [0.1, 0.15) is 13.8 Å². The smallest absolute Gasteiger partial charge is 0.0763 e. The lowest BCUT2D eigenvalue weighted by Gasteiger charge is -2.18. The number of hydrogen-bond acceptors (Lipinski definition) is 3. The Balaban J connectivity index is 2.44. The first kappa shape index (κ1) is 9.00. The molecule has 2 N–H and O–H groups in total. The molecule has 0 spiro atoms. The van der Waals surface area contributed by atoms with Gasteiger partial charge in [0.2, 0.25) is 0 Å². The summed E-state index contributed by atoms with van der Waals surface area (Å²) in [4.78, 5) is 3.94. The third-order valence-corrected chi connectivity index (χ3v) is 1.39. The van der Waals surface area contributed by atoms with Crippen LogP contribution in [0, 0.1) is 0 Å². The molecule has 0 saturated heterocycles. The SMILES string of the molecule is CC(C)(O)CNc1cccnc1. The summed E-state index contributed by atoms with van der Waals surface area (Å²) in [5.41, 5.74) is 0.246. The maximum atomic E-state index is 9.40. The molecule has 1 rings (SSSR count). The van der Waals surface area contributed by atoms with Crippen molar-refractivity contribution in [3.8, 4) is 0 Å². The summed E-state index contributed by atoms with van der Waals surface area (Å²) >= 11 is 0. The molecular formula is C9H14N2O. The number of aromatic nitrogens is 1. The zero-order valence-corrected chi connectivity index (χ0v) is 7.41. The first-order valence-electron chi connectivity index (χ1n) is 3.94. The fraction of sp³-hybridized carbons (Fsp3) is 0.444. The minimum Gasteiger partial charge on any atom is -0.389 e. The molecule has 66 valence electrons. The van der Waals surface area contributed by atoms with Gasteiger partial charge in [-0.1, -0.05) is 0 Å². The molecular weight excluding hydrogens is 152 g/mol. The van der Waals surface area contributed by atoms with Crippen molar-refractivity contribution in [2.24, 2.45) is 0 Å². The van der Waals surface area contributed by atoms with Gasteiger partial charge in [-0.25, -0.2) is 0 Å². The molecule has 0 bridgehead atoms. The molecule has 0 radical (unpaired) electrons. The molecule has 3 heteroatoms. The molecule has 0 saturated carbocycles. The van der Waals surface area contributed by atoms with E-state index in [0.29, 0.717) is 6.54 Å². The Morgan fingerprint density at radius 1 is 1.58 bits per heavy atom. The van der Waals surface area contributed by atoms with Gasteiger partial charge in [0.25, 0.3) is 0 Å². The van der Waals surface area contributed by atoms with Crippen molar-refractivity contribution in [1.29, 1.82) is 0 Å². The molecule has 0 fully saturated rings. The summed E-state index contributed by atoms with van der Waals surface area (Å²) in [5, 5.41) is 12.5. The van der Waals surface area contributed by atoms with Crippen molar-refractivity contribution in [2.45, 2.75) is 19.4 Å². The maximum Gasteiger partial charge on any atom is 0.0763 e. The summed E-state index contributed by atoms with van der Waals surface area (Å²) < 4.78 is 0. The largest absolute Gasteiger partial charge is 0.389 e. The van der Waals surface area contributed by atoms with E-state index in [4.69, 9.17) is 0 Å². The van der Waals surface area contributed by atoms with Crippen molar-refractivity contribution in [2.75, 3.05) is 11.9 Å². The lowest BCUT2D eigenvalue weighted by molar-refractivity contribution is 0.0945. The van der Waals surface area contributed by atoms with Crippen molar-refractivity contribution in [3.63, 3.8) is 0 Å². The highest BCUT2D eigenvalue weighted by Crippen LogP contribution is 2.06. The highest BCUT2D eigenvalue weighted by atomic mass is 16.3. The van der Waals surface area contributed by atoms with Crippen LogP contribution in [0.4, 0.5) is 5.69 Å². The van der Waals surface area contributed by atoms with E-state index in [9.17, 15) is 5.11 Å². The summed E-state index contributed by atoms with van der Waals surface area (Å²) in [7, 11) is 0. The van der Waals surface area contributed by atoms with E-state index in [-0.39, 0.29) is 0 Å². The van der Waals surface area contributed by atoms with Crippen LogP contribution < -0.4 is 5.32 Å². The third kappa shape index (κ3) is 3.34. The fourth-order valence-electron chi connectivity index (χ4n) is 0.786. The molecule has 1 heterocycles. The van der Waals surface area contributed by atoms with E-state index in [1.54, 1.807) is 26.2 Å². The van der Waals surface area contributed by atoms with Crippen LogP contribution in [0.5, 0.6) is 0 Å². The summed E-state index contributed by atoms with van der Waals surface area (Å²) in [5.74, 6) is 0. The first-order chi connectivity index (χ1) is 5.58. The lowest BCUT2D eigenvalue weighted by Crippen LogP contribution is -2.29. The Labute approximate surface area is 72.5 Å². The summed E-state index contributed by atoms with van der Waals surface area (Å²) in [6, 6.07) is 3.77. The maximum absolute atomic E-state index is 9.40. The molecule has 0 unspecified atom stereocenters. The van der Waals surface area contributed by atoms with Gasteiger partial charge in [0.15, 0.2) is 0 Å². The number of nitrogens with zero attached hydrogens (tertiary/aromatic N) is 1. The summed E-state index contributed by atoms with van der Waals surface area (Å²) in [6.07, 6.45) is 3.45. The predicted molar refractivity (Wildman–Crippen MR) is 49.0 cm³/mol. The minimum absolute atomic E-state index is 0.526. The number of hydrogen-bond donors (Lipinski definition) is 2. The normalized spacial score (nSPS) is 11.2. The molecule has 0 aliphatic heterocycles. The number of anilines is 1. The van der Waals surface area contributed by atoms with E-state index in [2.05, 4.69) is 10.3 Å². The zero-order chi connectivity index (χ0) is 9.03. The first-order valence-corrected chi connectivity index (χ1v) is 3.94. The molecule has 1 aromatic heterocycles. The Morgan fingerprint density at radius 3 is 2.83 bits per heavy atom. The van der Waals surface area contributed by atoms with Gasteiger partial charge in [0.05, 0.1) is 11.3 Å². The zero-order valence-electron chi connectivity index (χ0n) is 7.41. The van der Waals surface area contributed by atoms with Gasteiger partial charge in [-0.3, -0.25) is 4.98 Å². The van der Waals surface area contributed by atoms with Crippen molar-refractivity contribution < 1.29 is 5.11 Å². The van der Waals surface area contributed by atoms with E-state index in [0.717, 1.165) is 5.69 Å². The fourth-order valence-corrected chi connectivity index (χ4v) is 0.786. The van der Waals surface area contributed by atoms with Crippen LogP contribution in [0.25, 0.3) is 0 Å². The molecule has 0 amide bonds. The Kier molecular flexibility index (Phi) is 2.65. The van der Waals surface area contributed by atoms with E-state index >= 15 is 0 Å². The molecule has 0 aliphatic carbocycles. The third-order valence-electron chi connectivity index (χ3n) is 1.39. The quantitative estimate of drug-likeness (QED) is 0.710. The number of aliphatic hydroxyl groups is 1. The van der Waals surface area contributed by atoms with Gasteiger partial charge in [0, 0.05) is 18.9 Å². The van der Waals surface area contributed by atoms with Crippen molar-refractivity contribution in [1.82, 2.24) is 4.98 Å². The van der Waals surface area contributed by atoms with Gasteiger partial charge in [-0.2, -0.15) is 0 Å². The number of pyridine rings is 1. The number of nitrogens with one attached hydrogen (secondary N) is 1. The summed E-state index contributed by atoms with van der Waals surface area (Å²) in [6.45, 7) is 4.05. The van der Waals surface area contributed by atoms with Crippen molar-refractivity contribution >= 4 is 5.69 Å². The molecule has 12 heavy (non-hydrogen) atoms. The molecule has 0 aromatic carbocycles. The molecule has 0 aliphatic rings. The lowest BCUT2D eigenvalue weighted by atomic mass is 10.1. The van der Waals surface area contributed by atoms with Gasteiger partial charge >= 0.3 is 0 Å². The highest BCUT2D eigenvalue weighted by Gasteiger charge is 2.10. The van der Waals surface area contributed by atoms with Crippen LogP contribution in [-0.2, 0) is 0 Å². The predicted octanol–water partition coefficient (Wildman–Crippen LogP) is 1.26. The van der Waals surface area contributed by atoms with Crippen LogP contribution in [-0.4, -0.2) is 22.2 Å². The second-order valence-electron chi connectivity index (χ2n) is 3.41. The average molecular weight is 166 g/mol. The highest BCUT2D eigenvalue weighted by molar-refractivity contribution is 5.39. The van der Waals surface area contributed by atoms with E-state index in [1.165, 1.54) is 0 Å². The van der Waals surface area contributed by atoms with Crippen LogP contribution in [0.3, 0.4) is 0 Å².